The molecule has 1 atom stereocenters. The van der Waals surface area contributed by atoms with E-state index in [1.807, 2.05) is 25.1 Å². The topological polar surface area (TPSA) is 55.6 Å². The van der Waals surface area contributed by atoms with Gasteiger partial charge in [0.15, 0.2) is 0 Å². The van der Waals surface area contributed by atoms with Crippen molar-refractivity contribution in [1.82, 2.24) is 4.90 Å². The number of rotatable bonds is 3. The summed E-state index contributed by atoms with van der Waals surface area (Å²) in [6.45, 7) is 4.07. The van der Waals surface area contributed by atoms with Crippen LogP contribution in [0.4, 0.5) is 0 Å². The largest absolute Gasteiger partial charge is 0.373 e. The fraction of sp³-hybridized carbons (Fsp3) is 0.400. The second-order valence-electron chi connectivity index (χ2n) is 4.85. The average molecular weight is 295 g/mol. The van der Waals surface area contributed by atoms with E-state index in [4.69, 9.17) is 22.1 Å². The second kappa shape index (κ2) is 6.88. The van der Waals surface area contributed by atoms with E-state index < -0.39 is 0 Å². The summed E-state index contributed by atoms with van der Waals surface area (Å²) in [6, 6.07) is 5.72. The quantitative estimate of drug-likeness (QED) is 0.866. The summed E-state index contributed by atoms with van der Waals surface area (Å²) < 4.78 is 5.44. The molecule has 1 aliphatic rings. The van der Waals surface area contributed by atoms with Crippen molar-refractivity contribution in [2.45, 2.75) is 13.0 Å². The molecule has 0 aliphatic carbocycles. The molecular weight excluding hydrogens is 276 g/mol. The van der Waals surface area contributed by atoms with Crippen LogP contribution in [0.2, 0.25) is 5.02 Å². The van der Waals surface area contributed by atoms with Gasteiger partial charge in [0.1, 0.15) is 0 Å². The van der Waals surface area contributed by atoms with Crippen molar-refractivity contribution in [3.05, 3.63) is 40.4 Å². The van der Waals surface area contributed by atoms with Gasteiger partial charge in [-0.2, -0.15) is 0 Å². The van der Waals surface area contributed by atoms with E-state index in [9.17, 15) is 4.79 Å². The first-order valence-corrected chi connectivity index (χ1v) is 7.02. The van der Waals surface area contributed by atoms with Gasteiger partial charge in [0.05, 0.1) is 12.7 Å². The third-order valence-corrected chi connectivity index (χ3v) is 3.73. The van der Waals surface area contributed by atoms with Gasteiger partial charge in [-0.05, 0) is 30.2 Å². The first-order valence-electron chi connectivity index (χ1n) is 6.65. The van der Waals surface area contributed by atoms with E-state index >= 15 is 0 Å². The number of aryl methyl sites for hydroxylation is 1. The van der Waals surface area contributed by atoms with Gasteiger partial charge >= 0.3 is 0 Å². The summed E-state index contributed by atoms with van der Waals surface area (Å²) in [6.07, 6.45) is 3.29. The molecule has 5 heteroatoms. The SMILES string of the molecule is Cc1ccc(/C=C/C(=O)N2CCOC(CN)C2)cc1Cl. The van der Waals surface area contributed by atoms with Gasteiger partial charge in [-0.25, -0.2) is 0 Å². The lowest BCUT2D eigenvalue weighted by molar-refractivity contribution is -0.133. The molecule has 1 saturated heterocycles. The zero-order chi connectivity index (χ0) is 14.5. The third-order valence-electron chi connectivity index (χ3n) is 3.33. The molecule has 108 valence electrons. The average Bonchev–Trinajstić information content (AvgIpc) is 2.48. The smallest absolute Gasteiger partial charge is 0.246 e. The summed E-state index contributed by atoms with van der Waals surface area (Å²) in [7, 11) is 0. The van der Waals surface area contributed by atoms with Crippen LogP contribution < -0.4 is 5.73 Å². The maximum absolute atomic E-state index is 12.1. The number of hydrogen-bond acceptors (Lipinski definition) is 3. The van der Waals surface area contributed by atoms with Crippen molar-refractivity contribution in [1.29, 1.82) is 0 Å². The number of halogens is 1. The predicted molar refractivity (Wildman–Crippen MR) is 80.6 cm³/mol. The molecule has 1 amide bonds. The van der Waals surface area contributed by atoms with Crippen molar-refractivity contribution >= 4 is 23.6 Å². The maximum Gasteiger partial charge on any atom is 0.246 e. The summed E-state index contributed by atoms with van der Waals surface area (Å²) in [5, 5.41) is 0.703. The Morgan fingerprint density at radius 3 is 3.10 bits per heavy atom. The number of hydrogen-bond donors (Lipinski definition) is 1. The van der Waals surface area contributed by atoms with Crippen molar-refractivity contribution in [2.24, 2.45) is 5.73 Å². The number of carbonyl (C=O) groups excluding carboxylic acids is 1. The van der Waals surface area contributed by atoms with Crippen molar-refractivity contribution < 1.29 is 9.53 Å². The zero-order valence-electron chi connectivity index (χ0n) is 11.5. The van der Waals surface area contributed by atoms with Crippen molar-refractivity contribution in [2.75, 3.05) is 26.2 Å². The molecule has 1 aromatic rings. The van der Waals surface area contributed by atoms with E-state index in [-0.39, 0.29) is 12.0 Å². The van der Waals surface area contributed by atoms with Gasteiger partial charge in [0, 0.05) is 30.7 Å². The fourth-order valence-electron chi connectivity index (χ4n) is 2.05. The van der Waals surface area contributed by atoms with Crippen LogP contribution in [-0.4, -0.2) is 43.2 Å². The molecule has 0 radical (unpaired) electrons. The highest BCUT2D eigenvalue weighted by molar-refractivity contribution is 6.31. The summed E-state index contributed by atoms with van der Waals surface area (Å²) in [5.41, 5.74) is 7.50. The molecule has 20 heavy (non-hydrogen) atoms. The Morgan fingerprint density at radius 1 is 1.60 bits per heavy atom. The normalized spacial score (nSPS) is 19.6. The monoisotopic (exact) mass is 294 g/mol. The molecule has 2 rings (SSSR count). The number of benzene rings is 1. The Labute approximate surface area is 124 Å². The molecular formula is C15H19ClN2O2. The van der Waals surface area contributed by atoms with Gasteiger partial charge < -0.3 is 15.4 Å². The Morgan fingerprint density at radius 2 is 2.40 bits per heavy atom. The van der Waals surface area contributed by atoms with E-state index in [1.54, 1.807) is 17.1 Å². The molecule has 1 aliphatic heterocycles. The number of carbonyl (C=O) groups is 1. The highest BCUT2D eigenvalue weighted by atomic mass is 35.5. The van der Waals surface area contributed by atoms with Crippen LogP contribution in [0.1, 0.15) is 11.1 Å². The first kappa shape index (κ1) is 15.0. The lowest BCUT2D eigenvalue weighted by Gasteiger charge is -2.31. The molecule has 0 saturated carbocycles. The predicted octanol–water partition coefficient (Wildman–Crippen LogP) is 1.85. The number of morpholine rings is 1. The molecule has 2 N–H and O–H groups in total. The summed E-state index contributed by atoms with van der Waals surface area (Å²) in [4.78, 5) is 13.9. The second-order valence-corrected chi connectivity index (χ2v) is 5.26. The minimum Gasteiger partial charge on any atom is -0.373 e. The highest BCUT2D eigenvalue weighted by Crippen LogP contribution is 2.17. The van der Waals surface area contributed by atoms with Crippen LogP contribution in [0.5, 0.6) is 0 Å². The molecule has 1 fully saturated rings. The van der Waals surface area contributed by atoms with Crippen LogP contribution in [0.25, 0.3) is 6.08 Å². The molecule has 0 aromatic heterocycles. The van der Waals surface area contributed by atoms with E-state index in [2.05, 4.69) is 0 Å². The summed E-state index contributed by atoms with van der Waals surface area (Å²) in [5.74, 6) is -0.0246. The molecule has 1 heterocycles. The first-order chi connectivity index (χ1) is 9.60. The van der Waals surface area contributed by atoms with Crippen LogP contribution in [0.3, 0.4) is 0 Å². The Balaban J connectivity index is 1.99. The molecule has 0 bridgehead atoms. The zero-order valence-corrected chi connectivity index (χ0v) is 12.3. The van der Waals surface area contributed by atoms with Gasteiger partial charge in [0.2, 0.25) is 5.91 Å². The van der Waals surface area contributed by atoms with Gasteiger partial charge in [-0.1, -0.05) is 23.7 Å². The van der Waals surface area contributed by atoms with Gasteiger partial charge in [-0.3, -0.25) is 4.79 Å². The highest BCUT2D eigenvalue weighted by Gasteiger charge is 2.21. The fourth-order valence-corrected chi connectivity index (χ4v) is 2.24. The van der Waals surface area contributed by atoms with Crippen LogP contribution in [-0.2, 0) is 9.53 Å². The number of ether oxygens (including phenoxy) is 1. The lowest BCUT2D eigenvalue weighted by Crippen LogP contribution is -2.47. The van der Waals surface area contributed by atoms with Crippen LogP contribution in [0, 0.1) is 6.92 Å². The standard InChI is InChI=1S/C15H19ClN2O2/c1-11-2-3-12(8-14(11)16)4-5-15(19)18-6-7-20-13(9-17)10-18/h2-5,8,13H,6-7,9-10,17H2,1H3/b5-4+. The van der Waals surface area contributed by atoms with E-state index in [1.165, 1.54) is 0 Å². The number of nitrogens with two attached hydrogens (primary N) is 1. The van der Waals surface area contributed by atoms with E-state index in [0.29, 0.717) is 31.3 Å². The molecule has 4 nitrogen and oxygen atoms in total. The Hall–Kier alpha value is -1.36. The van der Waals surface area contributed by atoms with Gasteiger partial charge in [0.25, 0.3) is 0 Å². The lowest BCUT2D eigenvalue weighted by atomic mass is 10.1. The minimum atomic E-state index is -0.0603. The molecule has 1 aromatic carbocycles. The van der Waals surface area contributed by atoms with Crippen LogP contribution >= 0.6 is 11.6 Å². The minimum absolute atomic E-state index is 0.0246. The third kappa shape index (κ3) is 3.82. The molecule has 0 spiro atoms. The molecule has 1 unspecified atom stereocenters. The Bertz CT molecular complexity index is 517. The maximum atomic E-state index is 12.1. The van der Waals surface area contributed by atoms with Crippen molar-refractivity contribution in [3.63, 3.8) is 0 Å². The number of nitrogens with zero attached hydrogens (tertiary/aromatic N) is 1. The van der Waals surface area contributed by atoms with Gasteiger partial charge in [-0.15, -0.1) is 0 Å². The Kier molecular flexibility index (Phi) is 5.17. The van der Waals surface area contributed by atoms with Crippen molar-refractivity contribution in [3.8, 4) is 0 Å². The number of amides is 1. The van der Waals surface area contributed by atoms with Crippen LogP contribution in [0.15, 0.2) is 24.3 Å². The van der Waals surface area contributed by atoms with E-state index in [0.717, 1.165) is 11.1 Å². The summed E-state index contributed by atoms with van der Waals surface area (Å²) >= 11 is 6.06.